The van der Waals surface area contributed by atoms with Gasteiger partial charge in [0.05, 0.1) is 12.1 Å². The summed E-state index contributed by atoms with van der Waals surface area (Å²) in [6.45, 7) is 9.98. The quantitative estimate of drug-likeness (QED) is 0.324. The standard InChI is InChI=1S/C34H32ClNO3/c1-19(2)20-10-12-21(13-11-20)28-29(32(39)33(3,4)5)36-26-16-15-23(35)18-22(26)14-17-27(36)34(28)30(37)24-8-6-7-9-25(24)31(34)38/h6-19,27-29H,1-5H3/t27-,28+,29-/m0/s1. The van der Waals surface area contributed by atoms with E-state index in [1.807, 2.05) is 62.1 Å². The summed E-state index contributed by atoms with van der Waals surface area (Å²) in [5, 5.41) is 0.589. The van der Waals surface area contributed by atoms with Gasteiger partial charge in [-0.15, -0.1) is 0 Å². The van der Waals surface area contributed by atoms with Crippen LogP contribution >= 0.6 is 11.6 Å². The van der Waals surface area contributed by atoms with Crippen molar-refractivity contribution in [3.05, 3.63) is 106 Å². The molecule has 0 amide bonds. The molecule has 0 N–H and O–H groups in total. The minimum Gasteiger partial charge on any atom is -0.352 e. The van der Waals surface area contributed by atoms with Crippen molar-refractivity contribution >= 4 is 40.7 Å². The molecule has 0 aromatic heterocycles. The molecule has 1 saturated heterocycles. The van der Waals surface area contributed by atoms with Gasteiger partial charge in [0.15, 0.2) is 17.3 Å². The monoisotopic (exact) mass is 537 g/mol. The number of ketones is 3. The number of carbonyl (C=O) groups is 3. The van der Waals surface area contributed by atoms with Crippen LogP contribution in [0.4, 0.5) is 5.69 Å². The van der Waals surface area contributed by atoms with E-state index in [-0.39, 0.29) is 17.3 Å². The highest BCUT2D eigenvalue weighted by molar-refractivity contribution is 6.32. The van der Waals surface area contributed by atoms with Gasteiger partial charge < -0.3 is 4.90 Å². The lowest BCUT2D eigenvalue weighted by atomic mass is 9.63. The van der Waals surface area contributed by atoms with Crippen LogP contribution in [0.5, 0.6) is 0 Å². The molecule has 0 radical (unpaired) electrons. The molecule has 0 unspecified atom stereocenters. The molecule has 2 aliphatic heterocycles. The summed E-state index contributed by atoms with van der Waals surface area (Å²) in [6, 6.07) is 19.5. The minimum atomic E-state index is -1.47. The van der Waals surface area contributed by atoms with E-state index in [4.69, 9.17) is 11.6 Å². The zero-order valence-corrected chi connectivity index (χ0v) is 23.6. The largest absolute Gasteiger partial charge is 0.352 e. The number of Topliss-reactive ketones (excluding diaryl/α,β-unsaturated/α-hetero) is 3. The van der Waals surface area contributed by atoms with E-state index in [0.717, 1.165) is 22.4 Å². The van der Waals surface area contributed by atoms with Crippen molar-refractivity contribution in [1.82, 2.24) is 0 Å². The first-order chi connectivity index (χ1) is 18.5. The molecular formula is C34H32ClNO3. The maximum absolute atomic E-state index is 14.6. The van der Waals surface area contributed by atoms with Crippen LogP contribution in [-0.2, 0) is 4.79 Å². The SMILES string of the molecule is CC(C)c1ccc([C@@H]2[C@@H](C(=O)C(C)(C)C)N3c4ccc(Cl)cc4C=C[C@H]3C23C(=O)c2ccccc2C3=O)cc1. The van der Waals surface area contributed by atoms with E-state index in [1.165, 1.54) is 0 Å². The van der Waals surface area contributed by atoms with Gasteiger partial charge in [-0.1, -0.05) is 107 Å². The van der Waals surface area contributed by atoms with Crippen molar-refractivity contribution in [2.45, 2.75) is 58.5 Å². The first-order valence-corrected chi connectivity index (χ1v) is 13.9. The Balaban J connectivity index is 1.68. The van der Waals surface area contributed by atoms with Crippen LogP contribution in [0.1, 0.15) is 83.9 Å². The fourth-order valence-corrected chi connectivity index (χ4v) is 7.03. The Labute approximate surface area is 234 Å². The average molecular weight is 538 g/mol. The zero-order valence-electron chi connectivity index (χ0n) is 22.9. The second-order valence-electron chi connectivity index (χ2n) is 12.3. The van der Waals surface area contributed by atoms with E-state index in [2.05, 4.69) is 26.0 Å². The lowest BCUT2D eigenvalue weighted by Crippen LogP contribution is -2.49. The van der Waals surface area contributed by atoms with Crippen molar-refractivity contribution in [2.75, 3.05) is 4.90 Å². The van der Waals surface area contributed by atoms with Crippen molar-refractivity contribution in [3.63, 3.8) is 0 Å². The molecular weight excluding hydrogens is 506 g/mol. The number of nitrogens with zero attached hydrogens (tertiary/aromatic N) is 1. The Morgan fingerprint density at radius 3 is 2.10 bits per heavy atom. The van der Waals surface area contributed by atoms with Crippen molar-refractivity contribution in [1.29, 1.82) is 0 Å². The molecule has 1 spiro atoms. The van der Waals surface area contributed by atoms with Gasteiger partial charge in [0.2, 0.25) is 0 Å². The molecule has 3 aromatic rings. The topological polar surface area (TPSA) is 54.5 Å². The highest BCUT2D eigenvalue weighted by Crippen LogP contribution is 2.61. The first-order valence-electron chi connectivity index (χ1n) is 13.6. The summed E-state index contributed by atoms with van der Waals surface area (Å²) in [5.41, 5.74) is 2.36. The average Bonchev–Trinajstić information content (AvgIpc) is 3.33. The predicted molar refractivity (Wildman–Crippen MR) is 156 cm³/mol. The third-order valence-electron chi connectivity index (χ3n) is 8.74. The molecule has 0 saturated carbocycles. The molecule has 3 aliphatic rings. The smallest absolute Gasteiger partial charge is 0.180 e. The summed E-state index contributed by atoms with van der Waals surface area (Å²) in [6.07, 6.45) is 3.88. The Hall–Kier alpha value is -3.50. The van der Waals surface area contributed by atoms with Gasteiger partial charge >= 0.3 is 0 Å². The molecule has 2 heterocycles. The van der Waals surface area contributed by atoms with Crippen molar-refractivity contribution in [2.24, 2.45) is 10.8 Å². The predicted octanol–water partition coefficient (Wildman–Crippen LogP) is 7.51. The van der Waals surface area contributed by atoms with E-state index in [1.54, 1.807) is 30.3 Å². The molecule has 3 aromatic carbocycles. The van der Waals surface area contributed by atoms with Gasteiger partial charge in [0.25, 0.3) is 0 Å². The van der Waals surface area contributed by atoms with Gasteiger partial charge in [0.1, 0.15) is 5.41 Å². The maximum atomic E-state index is 14.6. The van der Waals surface area contributed by atoms with E-state index in [0.29, 0.717) is 22.1 Å². The maximum Gasteiger partial charge on any atom is 0.180 e. The zero-order chi connectivity index (χ0) is 27.9. The molecule has 1 fully saturated rings. The normalized spacial score (nSPS) is 22.8. The van der Waals surface area contributed by atoms with E-state index >= 15 is 0 Å². The van der Waals surface area contributed by atoms with Crippen molar-refractivity contribution < 1.29 is 14.4 Å². The fraction of sp³-hybridized carbons (Fsp3) is 0.324. The second-order valence-corrected chi connectivity index (χ2v) is 12.8. The summed E-state index contributed by atoms with van der Waals surface area (Å²) in [7, 11) is 0. The summed E-state index contributed by atoms with van der Waals surface area (Å²) in [5.74, 6) is -0.762. The number of anilines is 1. The Kier molecular flexibility index (Phi) is 5.78. The first kappa shape index (κ1) is 25.8. The summed E-state index contributed by atoms with van der Waals surface area (Å²) >= 11 is 6.36. The number of hydrogen-bond donors (Lipinski definition) is 0. The minimum absolute atomic E-state index is 0.00457. The van der Waals surface area contributed by atoms with Crippen LogP contribution in [0.3, 0.4) is 0 Å². The lowest BCUT2D eigenvalue weighted by molar-refractivity contribution is -0.127. The van der Waals surface area contributed by atoms with Crippen LogP contribution in [0, 0.1) is 10.8 Å². The van der Waals surface area contributed by atoms with Crippen LogP contribution in [0.2, 0.25) is 5.02 Å². The molecule has 4 nitrogen and oxygen atoms in total. The second kappa shape index (κ2) is 8.76. The van der Waals surface area contributed by atoms with Crippen LogP contribution in [0.25, 0.3) is 6.08 Å². The van der Waals surface area contributed by atoms with Gasteiger partial charge in [-0.05, 0) is 40.8 Å². The lowest BCUT2D eigenvalue weighted by Gasteiger charge is -2.38. The molecule has 3 atom stereocenters. The summed E-state index contributed by atoms with van der Waals surface area (Å²) in [4.78, 5) is 45.7. The number of rotatable bonds is 3. The fourth-order valence-electron chi connectivity index (χ4n) is 6.85. The molecule has 5 heteroatoms. The Morgan fingerprint density at radius 1 is 0.923 bits per heavy atom. The molecule has 198 valence electrons. The van der Waals surface area contributed by atoms with Gasteiger partial charge in [-0.3, -0.25) is 14.4 Å². The highest BCUT2D eigenvalue weighted by Gasteiger charge is 2.71. The van der Waals surface area contributed by atoms with E-state index < -0.39 is 28.8 Å². The Bertz CT molecular complexity index is 1520. The third-order valence-corrected chi connectivity index (χ3v) is 8.97. The third kappa shape index (κ3) is 3.54. The van der Waals surface area contributed by atoms with Crippen LogP contribution in [-0.4, -0.2) is 29.4 Å². The van der Waals surface area contributed by atoms with Gasteiger partial charge in [0, 0.05) is 33.2 Å². The number of fused-ring (bicyclic) bond motifs is 5. The highest BCUT2D eigenvalue weighted by atomic mass is 35.5. The van der Waals surface area contributed by atoms with Gasteiger partial charge in [-0.25, -0.2) is 0 Å². The number of hydrogen-bond acceptors (Lipinski definition) is 4. The molecule has 0 bridgehead atoms. The number of benzene rings is 3. The molecule has 1 aliphatic carbocycles. The van der Waals surface area contributed by atoms with Crippen LogP contribution < -0.4 is 4.90 Å². The summed E-state index contributed by atoms with van der Waals surface area (Å²) < 4.78 is 0. The van der Waals surface area contributed by atoms with Crippen molar-refractivity contribution in [3.8, 4) is 0 Å². The number of halogens is 1. The van der Waals surface area contributed by atoms with Crippen LogP contribution in [0.15, 0.2) is 72.8 Å². The molecule has 6 rings (SSSR count). The molecule has 39 heavy (non-hydrogen) atoms. The Morgan fingerprint density at radius 2 is 1.54 bits per heavy atom. The van der Waals surface area contributed by atoms with Gasteiger partial charge in [-0.2, -0.15) is 0 Å². The number of carbonyl (C=O) groups excluding carboxylic acids is 3. The van der Waals surface area contributed by atoms with E-state index in [9.17, 15) is 14.4 Å².